The Bertz CT molecular complexity index is 542. The number of hydrogen-bond acceptors (Lipinski definition) is 3. The Morgan fingerprint density at radius 3 is 2.70 bits per heavy atom. The summed E-state index contributed by atoms with van der Waals surface area (Å²) in [4.78, 5) is 1.39. The van der Waals surface area contributed by atoms with Gasteiger partial charge in [0.25, 0.3) is 0 Å². The molecule has 0 spiro atoms. The van der Waals surface area contributed by atoms with E-state index in [2.05, 4.69) is 55.2 Å². The van der Waals surface area contributed by atoms with Crippen LogP contribution in [0.25, 0.3) is 0 Å². The van der Waals surface area contributed by atoms with Crippen molar-refractivity contribution in [3.8, 4) is 0 Å². The Morgan fingerprint density at radius 1 is 1.35 bits per heavy atom. The first-order chi connectivity index (χ1) is 9.71. The summed E-state index contributed by atoms with van der Waals surface area (Å²) in [5.41, 5.74) is 3.86. The molecule has 0 aliphatic heterocycles. The van der Waals surface area contributed by atoms with E-state index in [1.165, 1.54) is 21.8 Å². The van der Waals surface area contributed by atoms with Gasteiger partial charge in [0.2, 0.25) is 0 Å². The average Bonchev–Trinajstić information content (AvgIpc) is 3.06. The third-order valence-electron chi connectivity index (χ3n) is 3.63. The molecule has 0 amide bonds. The van der Waals surface area contributed by atoms with Crippen LogP contribution in [-0.4, -0.2) is 16.3 Å². The van der Waals surface area contributed by atoms with E-state index in [-0.39, 0.29) is 6.04 Å². The van der Waals surface area contributed by atoms with Crippen molar-refractivity contribution in [1.29, 1.82) is 0 Å². The summed E-state index contributed by atoms with van der Waals surface area (Å²) < 4.78 is 2.14. The minimum Gasteiger partial charge on any atom is -0.305 e. The molecule has 0 bridgehead atoms. The van der Waals surface area contributed by atoms with Gasteiger partial charge in [0.05, 0.1) is 17.4 Å². The van der Waals surface area contributed by atoms with Gasteiger partial charge in [-0.2, -0.15) is 5.10 Å². The topological polar surface area (TPSA) is 29.9 Å². The Kier molecular flexibility index (Phi) is 5.38. The SMILES string of the molecule is CCCNC(c1ccsc1C)c1cc(CC)nn1CC. The van der Waals surface area contributed by atoms with Gasteiger partial charge in [-0.15, -0.1) is 11.3 Å². The molecule has 110 valence electrons. The number of rotatable bonds is 7. The van der Waals surface area contributed by atoms with Crippen LogP contribution < -0.4 is 5.32 Å². The Balaban J connectivity index is 2.40. The maximum atomic E-state index is 4.70. The molecule has 1 atom stereocenters. The monoisotopic (exact) mass is 291 g/mol. The molecule has 0 saturated carbocycles. The smallest absolute Gasteiger partial charge is 0.0759 e. The summed E-state index contributed by atoms with van der Waals surface area (Å²) in [6.07, 6.45) is 2.13. The zero-order valence-electron chi connectivity index (χ0n) is 12.9. The van der Waals surface area contributed by atoms with E-state index < -0.39 is 0 Å². The molecule has 2 aromatic rings. The van der Waals surface area contributed by atoms with Crippen molar-refractivity contribution in [3.05, 3.63) is 39.3 Å². The molecule has 4 heteroatoms. The van der Waals surface area contributed by atoms with Crippen LogP contribution >= 0.6 is 11.3 Å². The maximum absolute atomic E-state index is 4.70. The zero-order valence-corrected chi connectivity index (χ0v) is 13.8. The number of aromatic nitrogens is 2. The normalized spacial score (nSPS) is 12.8. The molecule has 20 heavy (non-hydrogen) atoms. The highest BCUT2D eigenvalue weighted by molar-refractivity contribution is 7.10. The van der Waals surface area contributed by atoms with Gasteiger partial charge in [-0.1, -0.05) is 13.8 Å². The highest BCUT2D eigenvalue weighted by Crippen LogP contribution is 2.29. The Morgan fingerprint density at radius 2 is 2.15 bits per heavy atom. The van der Waals surface area contributed by atoms with Crippen LogP contribution in [0.4, 0.5) is 0 Å². The molecule has 0 aromatic carbocycles. The van der Waals surface area contributed by atoms with Crippen molar-refractivity contribution in [1.82, 2.24) is 15.1 Å². The molecule has 1 unspecified atom stereocenters. The van der Waals surface area contributed by atoms with Gasteiger partial charge < -0.3 is 5.32 Å². The first-order valence-corrected chi connectivity index (χ1v) is 8.43. The number of aryl methyl sites for hydroxylation is 3. The second-order valence-electron chi connectivity index (χ2n) is 5.05. The van der Waals surface area contributed by atoms with Gasteiger partial charge in [0, 0.05) is 11.4 Å². The van der Waals surface area contributed by atoms with Gasteiger partial charge in [0.1, 0.15) is 0 Å². The summed E-state index contributed by atoms with van der Waals surface area (Å²) in [5.74, 6) is 0. The second-order valence-corrected chi connectivity index (χ2v) is 6.17. The summed E-state index contributed by atoms with van der Waals surface area (Å²) >= 11 is 1.82. The average molecular weight is 291 g/mol. The molecule has 2 rings (SSSR count). The first-order valence-electron chi connectivity index (χ1n) is 7.55. The van der Waals surface area contributed by atoms with E-state index in [0.717, 1.165) is 25.9 Å². The van der Waals surface area contributed by atoms with Crippen LogP contribution in [0.1, 0.15) is 55.1 Å². The molecule has 0 fully saturated rings. The lowest BCUT2D eigenvalue weighted by atomic mass is 10.0. The molecule has 3 nitrogen and oxygen atoms in total. The first kappa shape index (κ1) is 15.3. The van der Waals surface area contributed by atoms with Crippen LogP contribution in [0.5, 0.6) is 0 Å². The molecular weight excluding hydrogens is 266 g/mol. The van der Waals surface area contributed by atoms with Crippen molar-refractivity contribution >= 4 is 11.3 Å². The highest BCUT2D eigenvalue weighted by Gasteiger charge is 2.21. The molecule has 0 saturated heterocycles. The molecule has 2 heterocycles. The standard InChI is InChI=1S/C16H25N3S/c1-5-9-17-16(14-8-10-20-12(14)4)15-11-13(6-2)18-19(15)7-3/h8,10-11,16-17H,5-7,9H2,1-4H3. The predicted molar refractivity (Wildman–Crippen MR) is 86.5 cm³/mol. The summed E-state index contributed by atoms with van der Waals surface area (Å²) in [6.45, 7) is 10.7. The van der Waals surface area contributed by atoms with E-state index >= 15 is 0 Å². The second kappa shape index (κ2) is 7.04. The van der Waals surface area contributed by atoms with Crippen molar-refractivity contribution in [2.75, 3.05) is 6.54 Å². The number of nitrogens with one attached hydrogen (secondary N) is 1. The molecule has 0 aliphatic rings. The molecular formula is C16H25N3S. The largest absolute Gasteiger partial charge is 0.305 e. The lowest BCUT2D eigenvalue weighted by molar-refractivity contribution is 0.528. The minimum absolute atomic E-state index is 0.258. The summed E-state index contributed by atoms with van der Waals surface area (Å²) in [6, 6.07) is 4.76. The quantitative estimate of drug-likeness (QED) is 0.838. The summed E-state index contributed by atoms with van der Waals surface area (Å²) in [5, 5.41) is 10.6. The number of hydrogen-bond donors (Lipinski definition) is 1. The third kappa shape index (κ3) is 3.13. The molecule has 0 radical (unpaired) electrons. The number of thiophene rings is 1. The van der Waals surface area contributed by atoms with Crippen LogP contribution in [0.15, 0.2) is 17.5 Å². The fraction of sp³-hybridized carbons (Fsp3) is 0.562. The predicted octanol–water partition coefficient (Wildman–Crippen LogP) is 3.92. The van der Waals surface area contributed by atoms with Gasteiger partial charge in [-0.25, -0.2) is 0 Å². The van der Waals surface area contributed by atoms with Crippen molar-refractivity contribution in [2.45, 2.75) is 53.1 Å². The van der Waals surface area contributed by atoms with E-state index in [0.29, 0.717) is 0 Å². The maximum Gasteiger partial charge on any atom is 0.0759 e. The lowest BCUT2D eigenvalue weighted by Crippen LogP contribution is -2.25. The van der Waals surface area contributed by atoms with E-state index in [4.69, 9.17) is 5.10 Å². The number of nitrogens with zero attached hydrogens (tertiary/aromatic N) is 2. The van der Waals surface area contributed by atoms with E-state index in [9.17, 15) is 0 Å². The Hall–Kier alpha value is -1.13. The van der Waals surface area contributed by atoms with Crippen molar-refractivity contribution < 1.29 is 0 Å². The van der Waals surface area contributed by atoms with Crippen molar-refractivity contribution in [3.63, 3.8) is 0 Å². The lowest BCUT2D eigenvalue weighted by Gasteiger charge is -2.20. The van der Waals surface area contributed by atoms with E-state index in [1.54, 1.807) is 0 Å². The van der Waals surface area contributed by atoms with Gasteiger partial charge >= 0.3 is 0 Å². The minimum atomic E-state index is 0.258. The fourth-order valence-corrected chi connectivity index (χ4v) is 3.24. The van der Waals surface area contributed by atoms with Gasteiger partial charge in [-0.05, 0) is 56.3 Å². The highest BCUT2D eigenvalue weighted by atomic mass is 32.1. The molecule has 0 aliphatic carbocycles. The molecule has 1 N–H and O–H groups in total. The van der Waals surface area contributed by atoms with Crippen molar-refractivity contribution in [2.24, 2.45) is 0 Å². The van der Waals surface area contributed by atoms with Crippen LogP contribution in [0, 0.1) is 6.92 Å². The van der Waals surface area contributed by atoms with Crippen LogP contribution in [0.3, 0.4) is 0 Å². The summed E-state index contributed by atoms with van der Waals surface area (Å²) in [7, 11) is 0. The zero-order chi connectivity index (χ0) is 14.5. The fourth-order valence-electron chi connectivity index (χ4n) is 2.50. The Labute approximate surface area is 126 Å². The van der Waals surface area contributed by atoms with Crippen LogP contribution in [0.2, 0.25) is 0 Å². The molecule has 2 aromatic heterocycles. The van der Waals surface area contributed by atoms with Gasteiger partial charge in [-0.3, -0.25) is 4.68 Å². The third-order valence-corrected chi connectivity index (χ3v) is 4.49. The van der Waals surface area contributed by atoms with Crippen LogP contribution in [-0.2, 0) is 13.0 Å². The van der Waals surface area contributed by atoms with E-state index in [1.807, 2.05) is 11.3 Å². The van der Waals surface area contributed by atoms with Gasteiger partial charge in [0.15, 0.2) is 0 Å².